The van der Waals surface area contributed by atoms with E-state index < -0.39 is 29.3 Å². The number of anilines is 1. The predicted octanol–water partition coefficient (Wildman–Crippen LogP) is 4.81. The lowest BCUT2D eigenvalue weighted by molar-refractivity contribution is -0.141. The molecule has 10 heteroatoms. The Balaban J connectivity index is 2.22. The average molecular weight is 387 g/mol. The quantitative estimate of drug-likeness (QED) is 0.823. The third-order valence-corrected chi connectivity index (χ3v) is 4.00. The second-order valence-electron chi connectivity index (χ2n) is 4.55. The lowest BCUT2D eigenvalue weighted by Gasteiger charge is -2.10. The third-order valence-electron chi connectivity index (χ3n) is 2.92. The fourth-order valence-corrected chi connectivity index (χ4v) is 2.53. The summed E-state index contributed by atoms with van der Waals surface area (Å²) in [5.74, 6) is -0.643. The van der Waals surface area contributed by atoms with Crippen LogP contribution in [0.2, 0.25) is 15.1 Å². The first kappa shape index (κ1) is 17.9. The molecule has 0 aliphatic rings. The van der Waals surface area contributed by atoms with Crippen LogP contribution in [0.5, 0.6) is 0 Å². The van der Waals surface area contributed by atoms with Crippen LogP contribution in [0, 0.1) is 6.92 Å². The number of benzene rings is 1. The van der Waals surface area contributed by atoms with Crippen LogP contribution in [0.3, 0.4) is 0 Å². The van der Waals surface area contributed by atoms with E-state index in [0.717, 1.165) is 4.68 Å². The summed E-state index contributed by atoms with van der Waals surface area (Å²) in [4.78, 5) is 12.0. The van der Waals surface area contributed by atoms with Crippen molar-refractivity contribution in [3.63, 3.8) is 0 Å². The average Bonchev–Trinajstić information content (AvgIpc) is 2.71. The topological polar surface area (TPSA) is 46.9 Å². The maximum atomic E-state index is 12.7. The van der Waals surface area contributed by atoms with Crippen LogP contribution in [-0.2, 0) is 17.5 Å². The van der Waals surface area contributed by atoms with Crippen LogP contribution in [0.1, 0.15) is 11.4 Å². The summed E-state index contributed by atoms with van der Waals surface area (Å²) in [7, 11) is 0. The Bertz CT molecular complexity index is 739. The van der Waals surface area contributed by atoms with E-state index in [1.165, 1.54) is 19.1 Å². The highest BCUT2D eigenvalue weighted by Crippen LogP contribution is 2.35. The fraction of sp³-hybridized carbons (Fsp3) is 0.231. The van der Waals surface area contributed by atoms with E-state index in [0.29, 0.717) is 0 Å². The van der Waals surface area contributed by atoms with Gasteiger partial charge in [-0.05, 0) is 19.1 Å². The maximum absolute atomic E-state index is 12.7. The van der Waals surface area contributed by atoms with Crippen LogP contribution in [-0.4, -0.2) is 15.7 Å². The Morgan fingerprint density at radius 3 is 2.30 bits per heavy atom. The molecule has 0 fully saturated rings. The van der Waals surface area contributed by atoms with Crippen molar-refractivity contribution in [1.82, 2.24) is 9.78 Å². The molecule has 1 amide bonds. The van der Waals surface area contributed by atoms with E-state index in [9.17, 15) is 18.0 Å². The number of carbonyl (C=O) groups excluding carboxylic acids is 1. The van der Waals surface area contributed by atoms with Crippen molar-refractivity contribution >= 4 is 46.4 Å². The first-order chi connectivity index (χ1) is 10.6. The van der Waals surface area contributed by atoms with Crippen LogP contribution < -0.4 is 5.32 Å². The van der Waals surface area contributed by atoms with Gasteiger partial charge >= 0.3 is 6.18 Å². The van der Waals surface area contributed by atoms with E-state index in [1.54, 1.807) is 6.07 Å². The van der Waals surface area contributed by atoms with Gasteiger partial charge in [-0.1, -0.05) is 40.9 Å². The molecule has 0 aliphatic heterocycles. The highest BCUT2D eigenvalue weighted by Gasteiger charge is 2.38. The van der Waals surface area contributed by atoms with Crippen LogP contribution in [0.25, 0.3) is 0 Å². The van der Waals surface area contributed by atoms with Crippen LogP contribution in [0.4, 0.5) is 18.9 Å². The number of nitrogens with one attached hydrogen (secondary N) is 1. The number of halogens is 6. The van der Waals surface area contributed by atoms with Crippen molar-refractivity contribution in [2.75, 3.05) is 5.32 Å². The number of rotatable bonds is 3. The molecule has 0 spiro atoms. The molecule has 1 aromatic carbocycles. The molecule has 124 valence electrons. The number of amides is 1. The van der Waals surface area contributed by atoms with Gasteiger partial charge in [0.2, 0.25) is 5.91 Å². The Hall–Kier alpha value is -1.44. The summed E-state index contributed by atoms with van der Waals surface area (Å²) in [5, 5.41) is 5.64. The molecule has 1 aromatic heterocycles. The molecule has 1 N–H and O–H groups in total. The van der Waals surface area contributed by atoms with Gasteiger partial charge in [0, 0.05) is 0 Å². The van der Waals surface area contributed by atoms with E-state index in [4.69, 9.17) is 34.8 Å². The number of carbonyl (C=O) groups is 1. The normalized spacial score (nSPS) is 11.6. The molecule has 0 bridgehead atoms. The minimum absolute atomic E-state index is 0.0272. The Morgan fingerprint density at radius 1 is 1.26 bits per heavy atom. The van der Waals surface area contributed by atoms with Crippen molar-refractivity contribution < 1.29 is 18.0 Å². The molecular weight excluding hydrogens is 378 g/mol. The summed E-state index contributed by atoms with van der Waals surface area (Å²) in [6.07, 6.45) is -4.70. The number of nitrogens with zero attached hydrogens (tertiary/aromatic N) is 2. The lowest BCUT2D eigenvalue weighted by atomic mass is 10.3. The van der Waals surface area contributed by atoms with Gasteiger partial charge in [-0.2, -0.15) is 18.3 Å². The molecular formula is C13H9Cl3F3N3O. The van der Waals surface area contributed by atoms with E-state index in [2.05, 4.69) is 10.4 Å². The second kappa shape index (κ2) is 6.59. The Labute approximate surface area is 144 Å². The van der Waals surface area contributed by atoms with Gasteiger partial charge in [0.05, 0.1) is 26.4 Å². The summed E-state index contributed by atoms with van der Waals surface area (Å²) >= 11 is 17.4. The molecule has 2 aromatic rings. The number of hydrogen-bond acceptors (Lipinski definition) is 2. The molecule has 0 saturated carbocycles. The maximum Gasteiger partial charge on any atom is 0.436 e. The van der Waals surface area contributed by atoms with Gasteiger partial charge in [-0.15, -0.1) is 0 Å². The van der Waals surface area contributed by atoms with Crippen LogP contribution in [0.15, 0.2) is 18.2 Å². The van der Waals surface area contributed by atoms with E-state index in [-0.39, 0.29) is 21.4 Å². The minimum Gasteiger partial charge on any atom is -0.322 e. The molecule has 4 nitrogen and oxygen atoms in total. The summed E-state index contributed by atoms with van der Waals surface area (Å²) in [6, 6.07) is 4.62. The second-order valence-corrected chi connectivity index (χ2v) is 5.74. The summed E-state index contributed by atoms with van der Waals surface area (Å²) in [5.41, 5.74) is -1.03. The van der Waals surface area contributed by atoms with Gasteiger partial charge in [0.25, 0.3) is 0 Å². The number of aromatic nitrogens is 2. The molecule has 0 atom stereocenters. The molecule has 0 unspecified atom stereocenters. The summed E-state index contributed by atoms with van der Waals surface area (Å²) < 4.78 is 39.1. The SMILES string of the molecule is Cc1c(Cl)c(C(F)(F)F)nn1CC(=O)Nc1c(Cl)cccc1Cl. The molecule has 0 aliphatic carbocycles. The zero-order chi connectivity index (χ0) is 17.4. The van der Waals surface area contributed by atoms with Crippen molar-refractivity contribution in [1.29, 1.82) is 0 Å². The first-order valence-electron chi connectivity index (χ1n) is 6.15. The van der Waals surface area contributed by atoms with Crippen LogP contribution >= 0.6 is 34.8 Å². The number of alkyl halides is 3. The highest BCUT2D eigenvalue weighted by atomic mass is 35.5. The van der Waals surface area contributed by atoms with Crippen molar-refractivity contribution in [3.05, 3.63) is 44.7 Å². The molecule has 0 radical (unpaired) electrons. The third kappa shape index (κ3) is 3.91. The number of hydrogen-bond donors (Lipinski definition) is 1. The standard InChI is InChI=1S/C13H9Cl3F3N3O/c1-6-10(16)12(13(17,18)19)21-22(6)5-9(23)20-11-7(14)3-2-4-8(11)15/h2-4H,5H2,1H3,(H,20,23). The van der Waals surface area contributed by atoms with Gasteiger partial charge in [-0.25, -0.2) is 0 Å². The van der Waals surface area contributed by atoms with E-state index >= 15 is 0 Å². The van der Waals surface area contributed by atoms with Gasteiger partial charge in [0.15, 0.2) is 5.69 Å². The zero-order valence-corrected chi connectivity index (χ0v) is 13.8. The molecule has 2 rings (SSSR count). The highest BCUT2D eigenvalue weighted by molar-refractivity contribution is 6.39. The Kier molecular flexibility index (Phi) is 5.13. The summed E-state index contributed by atoms with van der Waals surface area (Å²) in [6.45, 7) is 0.865. The van der Waals surface area contributed by atoms with E-state index in [1.807, 2.05) is 0 Å². The van der Waals surface area contributed by atoms with Gasteiger partial charge in [-0.3, -0.25) is 9.48 Å². The van der Waals surface area contributed by atoms with Gasteiger partial charge < -0.3 is 5.32 Å². The molecule has 23 heavy (non-hydrogen) atoms. The van der Waals surface area contributed by atoms with Gasteiger partial charge in [0.1, 0.15) is 6.54 Å². The smallest absolute Gasteiger partial charge is 0.322 e. The number of para-hydroxylation sites is 1. The monoisotopic (exact) mass is 385 g/mol. The largest absolute Gasteiger partial charge is 0.436 e. The lowest BCUT2D eigenvalue weighted by Crippen LogP contribution is -2.21. The molecule has 0 saturated heterocycles. The fourth-order valence-electron chi connectivity index (χ4n) is 1.79. The van der Waals surface area contributed by atoms with Crippen molar-refractivity contribution in [2.45, 2.75) is 19.6 Å². The predicted molar refractivity (Wildman–Crippen MR) is 82.1 cm³/mol. The first-order valence-corrected chi connectivity index (χ1v) is 7.28. The minimum atomic E-state index is -4.70. The van der Waals surface area contributed by atoms with Crippen molar-refractivity contribution in [3.8, 4) is 0 Å². The zero-order valence-electron chi connectivity index (χ0n) is 11.5. The Morgan fingerprint density at radius 2 is 1.83 bits per heavy atom. The molecule has 1 heterocycles. The van der Waals surface area contributed by atoms with Crippen molar-refractivity contribution in [2.24, 2.45) is 0 Å².